The lowest BCUT2D eigenvalue weighted by Gasteiger charge is -2.14. The number of nitrogens with zero attached hydrogens (tertiary/aromatic N) is 2. The summed E-state index contributed by atoms with van der Waals surface area (Å²) in [5, 5.41) is 3.36. The van der Waals surface area contributed by atoms with Crippen LogP contribution in [0, 0.1) is 12.7 Å². The molecular weight excluding hydrogens is 333 g/mol. The van der Waals surface area contributed by atoms with E-state index < -0.39 is 0 Å². The molecule has 0 saturated carbocycles. The quantitative estimate of drug-likeness (QED) is 0.845. The van der Waals surface area contributed by atoms with Crippen molar-refractivity contribution >= 4 is 21.7 Å². The summed E-state index contributed by atoms with van der Waals surface area (Å²) in [7, 11) is 0. The van der Waals surface area contributed by atoms with E-state index in [-0.39, 0.29) is 5.82 Å². The van der Waals surface area contributed by atoms with Gasteiger partial charge in [0.05, 0.1) is 0 Å². The van der Waals surface area contributed by atoms with Crippen molar-refractivity contribution in [3.63, 3.8) is 0 Å². The van der Waals surface area contributed by atoms with Crippen LogP contribution in [-0.2, 0) is 6.42 Å². The molecule has 2 rings (SSSR count). The van der Waals surface area contributed by atoms with E-state index in [0.29, 0.717) is 10.3 Å². The minimum Gasteiger partial charge on any atom is -0.370 e. The summed E-state index contributed by atoms with van der Waals surface area (Å²) in [5.74, 6) is 1.20. The molecule has 1 N–H and O–H groups in total. The van der Waals surface area contributed by atoms with Crippen LogP contribution >= 0.6 is 15.9 Å². The summed E-state index contributed by atoms with van der Waals surface area (Å²) in [5.41, 5.74) is 2.88. The van der Waals surface area contributed by atoms with Crippen molar-refractivity contribution in [1.82, 2.24) is 9.97 Å². The van der Waals surface area contributed by atoms with Gasteiger partial charge in [-0.05, 0) is 53.9 Å². The fourth-order valence-corrected chi connectivity index (χ4v) is 2.73. The SMILES string of the molecule is CCCNc1nc(-c2ccc(F)cc2Br)nc(C)c1CC. The average molecular weight is 352 g/mol. The van der Waals surface area contributed by atoms with E-state index >= 15 is 0 Å². The van der Waals surface area contributed by atoms with Crippen LogP contribution in [0.25, 0.3) is 11.4 Å². The van der Waals surface area contributed by atoms with Crippen molar-refractivity contribution in [2.24, 2.45) is 0 Å². The van der Waals surface area contributed by atoms with Crippen molar-refractivity contribution in [3.8, 4) is 11.4 Å². The maximum Gasteiger partial charge on any atom is 0.162 e. The third-order valence-corrected chi connectivity index (χ3v) is 3.94. The van der Waals surface area contributed by atoms with Gasteiger partial charge in [0.15, 0.2) is 5.82 Å². The van der Waals surface area contributed by atoms with E-state index in [1.807, 2.05) is 6.92 Å². The Morgan fingerprint density at radius 2 is 2.00 bits per heavy atom. The van der Waals surface area contributed by atoms with E-state index in [4.69, 9.17) is 0 Å². The second kappa shape index (κ2) is 6.98. The Kier molecular flexibility index (Phi) is 5.28. The van der Waals surface area contributed by atoms with Gasteiger partial charge in [0.1, 0.15) is 11.6 Å². The van der Waals surface area contributed by atoms with Crippen LogP contribution in [0.1, 0.15) is 31.5 Å². The number of hydrogen-bond donors (Lipinski definition) is 1. The van der Waals surface area contributed by atoms with Gasteiger partial charge in [-0.1, -0.05) is 13.8 Å². The molecule has 0 spiro atoms. The second-order valence-corrected chi connectivity index (χ2v) is 5.72. The Labute approximate surface area is 133 Å². The first-order valence-electron chi connectivity index (χ1n) is 7.13. The molecule has 0 amide bonds. The van der Waals surface area contributed by atoms with Crippen molar-refractivity contribution in [1.29, 1.82) is 0 Å². The Hall–Kier alpha value is -1.49. The molecule has 1 aromatic heterocycles. The summed E-state index contributed by atoms with van der Waals surface area (Å²) in [6.07, 6.45) is 1.91. The number of anilines is 1. The van der Waals surface area contributed by atoms with Crippen LogP contribution in [0.2, 0.25) is 0 Å². The van der Waals surface area contributed by atoms with Gasteiger partial charge in [-0.25, -0.2) is 14.4 Å². The molecule has 0 aliphatic carbocycles. The highest BCUT2D eigenvalue weighted by atomic mass is 79.9. The van der Waals surface area contributed by atoms with Gasteiger partial charge in [-0.3, -0.25) is 0 Å². The fourth-order valence-electron chi connectivity index (χ4n) is 2.20. The van der Waals surface area contributed by atoms with Crippen molar-refractivity contribution in [2.75, 3.05) is 11.9 Å². The third kappa shape index (κ3) is 3.59. The second-order valence-electron chi connectivity index (χ2n) is 4.86. The molecule has 1 heterocycles. The summed E-state index contributed by atoms with van der Waals surface area (Å²) in [6, 6.07) is 4.55. The lowest BCUT2D eigenvalue weighted by atomic mass is 10.1. The van der Waals surface area contributed by atoms with Gasteiger partial charge in [0.25, 0.3) is 0 Å². The first-order valence-corrected chi connectivity index (χ1v) is 7.92. The molecular formula is C16H19BrFN3. The van der Waals surface area contributed by atoms with Gasteiger partial charge in [-0.15, -0.1) is 0 Å². The third-order valence-electron chi connectivity index (χ3n) is 3.28. The number of benzene rings is 1. The van der Waals surface area contributed by atoms with Crippen LogP contribution in [0.4, 0.5) is 10.2 Å². The molecule has 0 atom stereocenters. The number of aryl methyl sites for hydroxylation is 1. The van der Waals surface area contributed by atoms with Gasteiger partial charge in [-0.2, -0.15) is 0 Å². The number of nitrogens with one attached hydrogen (secondary N) is 1. The number of aromatic nitrogens is 2. The molecule has 0 fully saturated rings. The maximum absolute atomic E-state index is 13.2. The van der Waals surface area contributed by atoms with Crippen molar-refractivity contribution in [2.45, 2.75) is 33.6 Å². The van der Waals surface area contributed by atoms with Crippen molar-refractivity contribution in [3.05, 3.63) is 39.7 Å². The topological polar surface area (TPSA) is 37.8 Å². The first kappa shape index (κ1) is 15.9. The average Bonchev–Trinajstić information content (AvgIpc) is 2.44. The first-order chi connectivity index (χ1) is 10.1. The molecule has 0 saturated heterocycles. The normalized spacial score (nSPS) is 10.7. The van der Waals surface area contributed by atoms with Crippen LogP contribution in [0.5, 0.6) is 0 Å². The summed E-state index contributed by atoms with van der Waals surface area (Å²) in [4.78, 5) is 9.20. The highest BCUT2D eigenvalue weighted by Gasteiger charge is 2.13. The minimum atomic E-state index is -0.281. The predicted octanol–water partition coefficient (Wildman–Crippen LogP) is 4.74. The molecule has 0 aliphatic rings. The molecule has 5 heteroatoms. The lowest BCUT2D eigenvalue weighted by Crippen LogP contribution is -2.09. The zero-order valence-electron chi connectivity index (χ0n) is 12.5. The van der Waals surface area contributed by atoms with Crippen molar-refractivity contribution < 1.29 is 4.39 Å². The molecule has 2 aromatic rings. The molecule has 21 heavy (non-hydrogen) atoms. The largest absolute Gasteiger partial charge is 0.370 e. The zero-order chi connectivity index (χ0) is 15.4. The monoisotopic (exact) mass is 351 g/mol. The minimum absolute atomic E-state index is 0.281. The molecule has 1 aromatic carbocycles. The number of hydrogen-bond acceptors (Lipinski definition) is 3. The summed E-state index contributed by atoms with van der Waals surface area (Å²) >= 11 is 3.38. The molecule has 112 valence electrons. The van der Waals surface area contributed by atoms with Crippen LogP contribution < -0.4 is 5.32 Å². The van der Waals surface area contributed by atoms with Crippen LogP contribution in [0.3, 0.4) is 0 Å². The highest BCUT2D eigenvalue weighted by Crippen LogP contribution is 2.29. The number of rotatable bonds is 5. The standard InChI is InChI=1S/C16H19BrFN3/c1-4-8-19-15-12(5-2)10(3)20-16(21-15)13-7-6-11(18)9-14(13)17/h6-7,9H,4-5,8H2,1-3H3,(H,19,20,21). The Morgan fingerprint density at radius 3 is 2.62 bits per heavy atom. The van der Waals surface area contributed by atoms with E-state index in [1.54, 1.807) is 6.07 Å². The van der Waals surface area contributed by atoms with Gasteiger partial charge in [0, 0.05) is 27.8 Å². The van der Waals surface area contributed by atoms with E-state index in [9.17, 15) is 4.39 Å². The number of halogens is 2. The zero-order valence-corrected chi connectivity index (χ0v) is 14.1. The van der Waals surface area contributed by atoms with Gasteiger partial charge >= 0.3 is 0 Å². The predicted molar refractivity (Wildman–Crippen MR) is 88.0 cm³/mol. The summed E-state index contributed by atoms with van der Waals surface area (Å²) < 4.78 is 13.9. The van der Waals surface area contributed by atoms with E-state index in [2.05, 4.69) is 45.1 Å². The molecule has 0 radical (unpaired) electrons. The fraction of sp³-hybridized carbons (Fsp3) is 0.375. The van der Waals surface area contributed by atoms with Gasteiger partial charge in [0.2, 0.25) is 0 Å². The maximum atomic E-state index is 13.2. The Balaban J connectivity index is 2.51. The molecule has 0 unspecified atom stereocenters. The van der Waals surface area contributed by atoms with Gasteiger partial charge < -0.3 is 5.32 Å². The van der Waals surface area contributed by atoms with E-state index in [0.717, 1.165) is 42.0 Å². The summed E-state index contributed by atoms with van der Waals surface area (Å²) in [6.45, 7) is 7.06. The smallest absolute Gasteiger partial charge is 0.162 e. The van der Waals surface area contributed by atoms with Crippen LogP contribution in [-0.4, -0.2) is 16.5 Å². The Morgan fingerprint density at radius 1 is 1.24 bits per heavy atom. The molecule has 0 aliphatic heterocycles. The highest BCUT2D eigenvalue weighted by molar-refractivity contribution is 9.10. The van der Waals surface area contributed by atoms with Crippen LogP contribution in [0.15, 0.2) is 22.7 Å². The Bertz CT molecular complexity index is 644. The van der Waals surface area contributed by atoms with E-state index in [1.165, 1.54) is 12.1 Å². The molecule has 3 nitrogen and oxygen atoms in total. The lowest BCUT2D eigenvalue weighted by molar-refractivity contribution is 0.627. The molecule has 0 bridgehead atoms.